The average Bonchev–Trinajstić information content (AvgIpc) is 3.10. The third-order valence-corrected chi connectivity index (χ3v) is 4.58. The molecule has 0 unspecified atom stereocenters. The summed E-state index contributed by atoms with van der Waals surface area (Å²) < 4.78 is 19.2. The van der Waals surface area contributed by atoms with Gasteiger partial charge in [0.25, 0.3) is 0 Å². The first kappa shape index (κ1) is 15.8. The Morgan fingerprint density at radius 1 is 1.12 bits per heavy atom. The van der Waals surface area contributed by atoms with Gasteiger partial charge in [0.2, 0.25) is 0 Å². The monoisotopic (exact) mass is 342 g/mol. The van der Waals surface area contributed by atoms with E-state index in [0.717, 1.165) is 11.3 Å². The zero-order valence-corrected chi connectivity index (χ0v) is 13.7. The van der Waals surface area contributed by atoms with Crippen molar-refractivity contribution in [2.24, 2.45) is 0 Å². The first-order valence-electron chi connectivity index (χ1n) is 8.31. The number of hydrogen-bond acceptors (Lipinski definition) is 4. The molecule has 25 heavy (non-hydrogen) atoms. The molecule has 0 saturated carbocycles. The van der Waals surface area contributed by atoms with Crippen LogP contribution in [0.3, 0.4) is 0 Å². The highest BCUT2D eigenvalue weighted by Gasteiger charge is 2.23. The predicted molar refractivity (Wildman–Crippen MR) is 91.9 cm³/mol. The number of rotatable bonds is 2. The summed E-state index contributed by atoms with van der Waals surface area (Å²) in [6, 6.07) is 8.67. The highest BCUT2D eigenvalue weighted by molar-refractivity contribution is 5.89. The number of benzene rings is 1. The number of nitrogens with zero attached hydrogens (tertiary/aromatic N) is 3. The van der Waals surface area contributed by atoms with E-state index < -0.39 is 0 Å². The van der Waals surface area contributed by atoms with Gasteiger partial charge in [-0.25, -0.2) is 14.2 Å². The van der Waals surface area contributed by atoms with Crippen LogP contribution in [0.1, 0.15) is 11.1 Å². The molecule has 0 radical (unpaired) electrons. The summed E-state index contributed by atoms with van der Waals surface area (Å²) in [5, 5.41) is 2.93. The van der Waals surface area contributed by atoms with Crippen molar-refractivity contribution in [2.45, 2.75) is 13.2 Å². The molecule has 1 fully saturated rings. The van der Waals surface area contributed by atoms with Gasteiger partial charge in [0.1, 0.15) is 0 Å². The van der Waals surface area contributed by atoms with Crippen molar-refractivity contribution in [3.05, 3.63) is 53.5 Å². The molecule has 2 aromatic rings. The molecular formula is C18H19FN4O2. The number of pyridine rings is 1. The number of halogens is 1. The zero-order chi connectivity index (χ0) is 17.2. The van der Waals surface area contributed by atoms with Crippen molar-refractivity contribution in [2.75, 3.05) is 36.4 Å². The van der Waals surface area contributed by atoms with E-state index in [1.165, 1.54) is 11.6 Å². The van der Waals surface area contributed by atoms with Crippen molar-refractivity contribution < 1.29 is 13.9 Å². The number of ether oxygens (including phenoxy) is 1. The van der Waals surface area contributed by atoms with E-state index in [0.29, 0.717) is 45.2 Å². The van der Waals surface area contributed by atoms with Gasteiger partial charge in [0, 0.05) is 38.1 Å². The van der Waals surface area contributed by atoms with Crippen molar-refractivity contribution in [1.29, 1.82) is 0 Å². The zero-order valence-electron chi connectivity index (χ0n) is 13.7. The predicted octanol–water partition coefficient (Wildman–Crippen LogP) is 2.61. The van der Waals surface area contributed by atoms with E-state index >= 15 is 0 Å². The molecule has 0 atom stereocenters. The minimum atomic E-state index is -0.333. The lowest BCUT2D eigenvalue weighted by molar-refractivity contribution is 0.134. The summed E-state index contributed by atoms with van der Waals surface area (Å²) in [6.07, 6.45) is 1.58. The number of amides is 2. The lowest BCUT2D eigenvalue weighted by Gasteiger charge is -2.35. The summed E-state index contributed by atoms with van der Waals surface area (Å²) in [4.78, 5) is 20.2. The first-order chi connectivity index (χ1) is 12.2. The van der Waals surface area contributed by atoms with Gasteiger partial charge >= 0.3 is 6.03 Å². The molecule has 6 nitrogen and oxygen atoms in total. The second-order valence-electron chi connectivity index (χ2n) is 6.19. The smallest absolute Gasteiger partial charge is 0.321 e. The quantitative estimate of drug-likeness (QED) is 0.911. The first-order valence-corrected chi connectivity index (χ1v) is 8.31. The standard InChI is InChI=1S/C18H19FN4O2/c19-16-2-1-5-20-17(16)22-6-8-23(9-7-22)18(24)21-15-4-3-13-11-25-12-14(13)10-15/h1-5,10H,6-9,11-12H2,(H,21,24). The fourth-order valence-corrected chi connectivity index (χ4v) is 3.18. The second-order valence-corrected chi connectivity index (χ2v) is 6.19. The normalized spacial score (nSPS) is 16.7. The molecule has 2 aliphatic heterocycles. The van der Waals surface area contributed by atoms with Crippen LogP contribution in [0, 0.1) is 5.82 Å². The maximum Gasteiger partial charge on any atom is 0.321 e. The second kappa shape index (κ2) is 6.68. The Morgan fingerprint density at radius 3 is 2.72 bits per heavy atom. The largest absolute Gasteiger partial charge is 0.372 e. The Kier molecular flexibility index (Phi) is 4.23. The summed E-state index contributed by atoms with van der Waals surface area (Å²) in [5.74, 6) is 0.0157. The molecule has 2 amide bonds. The van der Waals surface area contributed by atoms with E-state index in [1.54, 1.807) is 17.2 Å². The van der Waals surface area contributed by atoms with Crippen LogP contribution in [0.2, 0.25) is 0 Å². The fourth-order valence-electron chi connectivity index (χ4n) is 3.18. The molecule has 130 valence electrons. The molecule has 0 bridgehead atoms. The maximum absolute atomic E-state index is 13.8. The number of nitrogens with one attached hydrogen (secondary N) is 1. The van der Waals surface area contributed by atoms with Crippen LogP contribution in [0.25, 0.3) is 0 Å². The van der Waals surface area contributed by atoms with E-state index in [1.807, 2.05) is 23.1 Å². The van der Waals surface area contributed by atoms with E-state index in [-0.39, 0.29) is 11.8 Å². The third-order valence-electron chi connectivity index (χ3n) is 4.58. The van der Waals surface area contributed by atoms with Crippen LogP contribution in [-0.4, -0.2) is 42.1 Å². The maximum atomic E-state index is 13.8. The molecule has 0 spiro atoms. The van der Waals surface area contributed by atoms with Gasteiger partial charge in [-0.3, -0.25) is 0 Å². The van der Waals surface area contributed by atoms with E-state index in [9.17, 15) is 9.18 Å². The summed E-state index contributed by atoms with van der Waals surface area (Å²) in [5.41, 5.74) is 3.06. The molecule has 3 heterocycles. The van der Waals surface area contributed by atoms with Crippen LogP contribution >= 0.6 is 0 Å². The highest BCUT2D eigenvalue weighted by Crippen LogP contribution is 2.23. The van der Waals surface area contributed by atoms with Crippen molar-refractivity contribution in [3.8, 4) is 0 Å². The van der Waals surface area contributed by atoms with Crippen LogP contribution < -0.4 is 10.2 Å². The summed E-state index contributed by atoms with van der Waals surface area (Å²) >= 11 is 0. The summed E-state index contributed by atoms with van der Waals surface area (Å²) in [7, 11) is 0. The van der Waals surface area contributed by atoms with E-state index in [2.05, 4.69) is 10.3 Å². The Labute approximate surface area is 145 Å². The molecule has 2 aliphatic rings. The number of carbonyl (C=O) groups is 1. The van der Waals surface area contributed by atoms with Gasteiger partial charge < -0.3 is 19.9 Å². The van der Waals surface area contributed by atoms with Gasteiger partial charge in [0.05, 0.1) is 13.2 Å². The average molecular weight is 342 g/mol. The molecule has 1 N–H and O–H groups in total. The number of fused-ring (bicyclic) bond motifs is 1. The summed E-state index contributed by atoms with van der Waals surface area (Å²) in [6.45, 7) is 3.38. The molecule has 7 heteroatoms. The number of piperazine rings is 1. The van der Waals surface area contributed by atoms with Crippen LogP contribution in [0.5, 0.6) is 0 Å². The third kappa shape index (κ3) is 3.28. The van der Waals surface area contributed by atoms with Crippen molar-refractivity contribution in [3.63, 3.8) is 0 Å². The van der Waals surface area contributed by atoms with Crippen molar-refractivity contribution in [1.82, 2.24) is 9.88 Å². The van der Waals surface area contributed by atoms with Crippen molar-refractivity contribution >= 4 is 17.5 Å². The number of aromatic nitrogens is 1. The topological polar surface area (TPSA) is 57.7 Å². The number of hydrogen-bond donors (Lipinski definition) is 1. The lowest BCUT2D eigenvalue weighted by Crippen LogP contribution is -2.50. The van der Waals surface area contributed by atoms with Gasteiger partial charge in [-0.2, -0.15) is 0 Å². The fraction of sp³-hybridized carbons (Fsp3) is 0.333. The van der Waals surface area contributed by atoms with E-state index in [4.69, 9.17) is 4.74 Å². The Hall–Kier alpha value is -2.67. The van der Waals surface area contributed by atoms with Gasteiger partial charge in [-0.15, -0.1) is 0 Å². The number of carbonyl (C=O) groups excluding carboxylic acids is 1. The molecule has 1 aromatic heterocycles. The van der Waals surface area contributed by atoms with Gasteiger partial charge in [-0.05, 0) is 35.4 Å². The minimum absolute atomic E-state index is 0.139. The molecule has 4 rings (SSSR count). The van der Waals surface area contributed by atoms with Gasteiger partial charge in [-0.1, -0.05) is 6.07 Å². The Balaban J connectivity index is 1.36. The van der Waals surface area contributed by atoms with Gasteiger partial charge in [0.15, 0.2) is 11.6 Å². The van der Waals surface area contributed by atoms with Crippen LogP contribution in [0.4, 0.5) is 20.7 Å². The molecule has 1 saturated heterocycles. The Bertz CT molecular complexity index is 790. The Morgan fingerprint density at radius 2 is 1.92 bits per heavy atom. The number of anilines is 2. The SMILES string of the molecule is O=C(Nc1ccc2c(c1)COC2)N1CCN(c2ncccc2F)CC1. The van der Waals surface area contributed by atoms with Crippen LogP contribution in [-0.2, 0) is 18.0 Å². The molecule has 0 aliphatic carbocycles. The highest BCUT2D eigenvalue weighted by atomic mass is 19.1. The minimum Gasteiger partial charge on any atom is -0.372 e. The molecule has 1 aromatic carbocycles. The lowest BCUT2D eigenvalue weighted by atomic mass is 10.1. The van der Waals surface area contributed by atoms with Crippen LogP contribution in [0.15, 0.2) is 36.5 Å². The molecular weight excluding hydrogens is 323 g/mol. The number of urea groups is 1.